The van der Waals surface area contributed by atoms with Crippen LogP contribution in [-0.4, -0.2) is 69.9 Å². The van der Waals surface area contributed by atoms with Crippen LogP contribution in [0.1, 0.15) is 85.3 Å². The first-order valence-corrected chi connectivity index (χ1v) is 14.7. The van der Waals surface area contributed by atoms with Crippen LogP contribution in [0.5, 0.6) is 0 Å². The molecule has 230 valence electrons. The Balaban J connectivity index is 2.07. The monoisotopic (exact) mass is 587 g/mol. The van der Waals surface area contributed by atoms with Gasteiger partial charge in [0.1, 0.15) is 18.4 Å². The van der Waals surface area contributed by atoms with Gasteiger partial charge in [-0.3, -0.25) is 19.2 Å². The molecule has 42 heavy (non-hydrogen) atoms. The van der Waals surface area contributed by atoms with Gasteiger partial charge < -0.3 is 23.7 Å². The first kappa shape index (κ1) is 32.7. The molecule has 3 rings (SSSR count). The first-order valence-electron chi connectivity index (χ1n) is 14.7. The van der Waals surface area contributed by atoms with Crippen molar-refractivity contribution in [3.63, 3.8) is 0 Å². The van der Waals surface area contributed by atoms with Crippen LogP contribution in [0.2, 0.25) is 0 Å². The summed E-state index contributed by atoms with van der Waals surface area (Å²) in [5, 5.41) is 8.49. The Morgan fingerprint density at radius 2 is 1.26 bits per heavy atom. The average Bonchev–Trinajstić information content (AvgIpc) is 3.45. The van der Waals surface area contributed by atoms with Crippen LogP contribution in [0.15, 0.2) is 36.5 Å². The van der Waals surface area contributed by atoms with Crippen LogP contribution in [-0.2, 0) is 42.9 Å². The Kier molecular flexibility index (Phi) is 12.9. The highest BCUT2D eigenvalue weighted by Gasteiger charge is 2.53. The van der Waals surface area contributed by atoms with Crippen molar-refractivity contribution in [2.45, 2.75) is 110 Å². The van der Waals surface area contributed by atoms with Gasteiger partial charge in [-0.25, -0.2) is 4.68 Å². The summed E-state index contributed by atoms with van der Waals surface area (Å²) in [5.41, 5.74) is 1.32. The zero-order valence-corrected chi connectivity index (χ0v) is 24.7. The van der Waals surface area contributed by atoms with E-state index in [0.717, 1.165) is 5.56 Å². The molecule has 0 amide bonds. The van der Waals surface area contributed by atoms with Crippen molar-refractivity contribution < 1.29 is 42.9 Å². The molecule has 5 atom stereocenters. The molecule has 1 saturated heterocycles. The third kappa shape index (κ3) is 9.10. The number of ether oxygens (including phenoxy) is 5. The van der Waals surface area contributed by atoms with Crippen molar-refractivity contribution in [1.82, 2.24) is 15.0 Å². The van der Waals surface area contributed by atoms with Crippen molar-refractivity contribution in [1.29, 1.82) is 0 Å². The van der Waals surface area contributed by atoms with Gasteiger partial charge >= 0.3 is 23.9 Å². The summed E-state index contributed by atoms with van der Waals surface area (Å²) in [5.74, 6) is -2.14. The van der Waals surface area contributed by atoms with E-state index >= 15 is 0 Å². The third-order valence-corrected chi connectivity index (χ3v) is 6.48. The maximum Gasteiger partial charge on any atom is 0.306 e. The van der Waals surface area contributed by atoms with Gasteiger partial charge in [-0.1, -0.05) is 63.2 Å². The quantitative estimate of drug-likeness (QED) is 0.217. The summed E-state index contributed by atoms with van der Waals surface area (Å²) in [6, 6.07) is 9.33. The summed E-state index contributed by atoms with van der Waals surface area (Å²) in [4.78, 5) is 50.7. The normalized spacial score (nSPS) is 21.8. The molecule has 12 heteroatoms. The van der Waals surface area contributed by atoms with Crippen molar-refractivity contribution in [3.05, 3.63) is 36.5 Å². The van der Waals surface area contributed by atoms with Gasteiger partial charge in [0.2, 0.25) is 0 Å². The predicted octanol–water partition coefficient (Wildman–Crippen LogP) is 4.32. The molecular weight excluding hydrogens is 546 g/mol. The molecule has 1 aromatic heterocycles. The van der Waals surface area contributed by atoms with E-state index in [-0.39, 0.29) is 32.3 Å². The van der Waals surface area contributed by atoms with Crippen LogP contribution in [0.25, 0.3) is 11.3 Å². The van der Waals surface area contributed by atoms with Crippen LogP contribution >= 0.6 is 0 Å². The lowest BCUT2D eigenvalue weighted by Crippen LogP contribution is -2.61. The van der Waals surface area contributed by atoms with Gasteiger partial charge in [-0.05, 0) is 25.7 Å². The minimum absolute atomic E-state index is 0.0882. The number of benzene rings is 1. The van der Waals surface area contributed by atoms with Crippen LogP contribution < -0.4 is 0 Å². The van der Waals surface area contributed by atoms with Gasteiger partial charge in [-0.15, -0.1) is 5.10 Å². The molecule has 0 unspecified atom stereocenters. The zero-order chi connectivity index (χ0) is 30.5. The van der Waals surface area contributed by atoms with E-state index in [1.54, 1.807) is 6.20 Å². The average molecular weight is 588 g/mol. The maximum absolute atomic E-state index is 12.9. The molecule has 0 radical (unpaired) electrons. The van der Waals surface area contributed by atoms with Gasteiger partial charge in [0, 0.05) is 31.2 Å². The van der Waals surface area contributed by atoms with Crippen LogP contribution in [0.3, 0.4) is 0 Å². The fourth-order valence-electron chi connectivity index (χ4n) is 4.48. The summed E-state index contributed by atoms with van der Waals surface area (Å²) >= 11 is 0. The molecule has 2 aromatic rings. The maximum atomic E-state index is 12.9. The second-order valence-electron chi connectivity index (χ2n) is 10.1. The van der Waals surface area contributed by atoms with E-state index in [1.165, 1.54) is 4.68 Å². The molecule has 0 bridgehead atoms. The molecular formula is C30H41N3O9. The summed E-state index contributed by atoms with van der Waals surface area (Å²) < 4.78 is 30.7. The lowest BCUT2D eigenvalue weighted by atomic mass is 9.97. The minimum atomic E-state index is -1.27. The number of hydrogen-bond donors (Lipinski definition) is 0. The van der Waals surface area contributed by atoms with E-state index < -0.39 is 54.5 Å². The summed E-state index contributed by atoms with van der Waals surface area (Å²) in [6.45, 7) is 7.02. The molecule has 12 nitrogen and oxygen atoms in total. The van der Waals surface area contributed by atoms with Gasteiger partial charge in [-0.2, -0.15) is 0 Å². The van der Waals surface area contributed by atoms with Gasteiger partial charge in [0.05, 0.1) is 6.20 Å². The highest BCUT2D eigenvalue weighted by molar-refractivity contribution is 5.72. The van der Waals surface area contributed by atoms with E-state index in [0.29, 0.717) is 31.4 Å². The Labute approximate surface area is 246 Å². The van der Waals surface area contributed by atoms with E-state index in [9.17, 15) is 19.2 Å². The molecule has 1 aromatic carbocycles. The number of aromatic nitrogens is 3. The summed E-state index contributed by atoms with van der Waals surface area (Å²) in [6.07, 6.45) is -1.76. The second kappa shape index (κ2) is 16.6. The SMILES string of the molecule is CCCC(=O)OC[C@H]1O[C@@H](n2cc(-c3ccccc3)nn2)[C@H](OC(=O)CCC)[C@@H](OC(=O)CCC)[C@@H]1OC(=O)CCC. The number of nitrogens with zero attached hydrogens (tertiary/aromatic N) is 3. The first-order chi connectivity index (χ1) is 20.3. The topological polar surface area (TPSA) is 145 Å². The predicted molar refractivity (Wildman–Crippen MR) is 150 cm³/mol. The summed E-state index contributed by atoms with van der Waals surface area (Å²) in [7, 11) is 0. The number of carbonyl (C=O) groups excluding carboxylic acids is 4. The second-order valence-corrected chi connectivity index (χ2v) is 10.1. The molecule has 0 saturated carbocycles. The van der Waals surface area contributed by atoms with Crippen molar-refractivity contribution in [2.75, 3.05) is 6.61 Å². The smallest absolute Gasteiger partial charge is 0.306 e. The van der Waals surface area contributed by atoms with Gasteiger partial charge in [0.25, 0.3) is 0 Å². The van der Waals surface area contributed by atoms with Crippen LogP contribution in [0, 0.1) is 0 Å². The van der Waals surface area contributed by atoms with Crippen molar-refractivity contribution in [2.24, 2.45) is 0 Å². The number of rotatable bonds is 15. The fourth-order valence-corrected chi connectivity index (χ4v) is 4.48. The molecule has 0 spiro atoms. The third-order valence-electron chi connectivity index (χ3n) is 6.48. The number of hydrogen-bond acceptors (Lipinski definition) is 11. The fraction of sp³-hybridized carbons (Fsp3) is 0.600. The van der Waals surface area contributed by atoms with Crippen molar-refractivity contribution in [3.8, 4) is 11.3 Å². The lowest BCUT2D eigenvalue weighted by Gasteiger charge is -2.44. The largest absolute Gasteiger partial charge is 0.463 e. The van der Waals surface area contributed by atoms with E-state index in [4.69, 9.17) is 23.7 Å². The standard InChI is InChI=1S/C30H41N3O9/c1-5-12-23(34)38-19-22-27(40-24(35)13-6-2)28(41-25(36)14-7-3)29(42-26(37)15-8-4)30(39-22)33-18-21(31-32-33)20-16-10-9-11-17-20/h9-11,16-18,22,27-30H,5-8,12-15,19H2,1-4H3/t22-,27-,28+,29-,30-/m1/s1. The molecule has 2 heterocycles. The molecule has 0 aliphatic carbocycles. The Morgan fingerprint density at radius 1 is 0.738 bits per heavy atom. The van der Waals surface area contributed by atoms with Crippen LogP contribution in [0.4, 0.5) is 0 Å². The molecule has 1 fully saturated rings. The molecule has 1 aliphatic rings. The van der Waals surface area contributed by atoms with E-state index in [1.807, 2.05) is 58.0 Å². The number of esters is 4. The zero-order valence-electron chi connectivity index (χ0n) is 24.7. The highest BCUT2D eigenvalue weighted by Crippen LogP contribution is 2.35. The lowest BCUT2D eigenvalue weighted by molar-refractivity contribution is -0.272. The molecule has 0 N–H and O–H groups in total. The van der Waals surface area contributed by atoms with Crippen molar-refractivity contribution >= 4 is 23.9 Å². The highest BCUT2D eigenvalue weighted by atomic mass is 16.7. The minimum Gasteiger partial charge on any atom is -0.463 e. The molecule has 1 aliphatic heterocycles. The van der Waals surface area contributed by atoms with E-state index in [2.05, 4.69) is 10.3 Å². The number of carbonyl (C=O) groups is 4. The Morgan fingerprint density at radius 3 is 1.83 bits per heavy atom. The Bertz CT molecular complexity index is 1170. The Hall–Kier alpha value is -3.80. The van der Waals surface area contributed by atoms with Gasteiger partial charge in [0.15, 0.2) is 24.5 Å².